The fourth-order valence-electron chi connectivity index (χ4n) is 3.78. The van der Waals surface area contributed by atoms with Crippen LogP contribution in [0.25, 0.3) is 11.0 Å². The van der Waals surface area contributed by atoms with Crippen LogP contribution < -0.4 is 4.74 Å². The number of halogens is 2. The molecule has 9 heteroatoms. The van der Waals surface area contributed by atoms with Crippen molar-refractivity contribution in [3.05, 3.63) is 86.5 Å². The molecule has 0 unspecified atom stereocenters. The number of fused-ring (bicyclic) bond motifs is 1. The van der Waals surface area contributed by atoms with Gasteiger partial charge in [0.1, 0.15) is 18.2 Å². The van der Waals surface area contributed by atoms with Gasteiger partial charge < -0.3 is 14.6 Å². The van der Waals surface area contributed by atoms with Gasteiger partial charge in [0.25, 0.3) is 0 Å². The summed E-state index contributed by atoms with van der Waals surface area (Å²) < 4.78 is 27.8. The molecule has 0 amide bonds. The fraction of sp³-hybridized carbons (Fsp3) is 0.269. The maximum Gasteiger partial charge on any atom is 0.190 e. The first-order chi connectivity index (χ1) is 16.9. The van der Waals surface area contributed by atoms with Gasteiger partial charge in [-0.1, -0.05) is 18.2 Å². The van der Waals surface area contributed by atoms with Crippen molar-refractivity contribution < 1.29 is 23.8 Å². The monoisotopic (exact) mass is 589 g/mol. The third-order valence-electron chi connectivity index (χ3n) is 5.54. The van der Waals surface area contributed by atoms with Gasteiger partial charge in [-0.3, -0.25) is 4.79 Å². The molecule has 0 bridgehead atoms. The average molecular weight is 589 g/mol. The quantitative estimate of drug-likeness (QED) is 0.218. The Labute approximate surface area is 216 Å². The van der Waals surface area contributed by atoms with E-state index in [9.17, 15) is 14.3 Å². The number of nitrogens with zero attached hydrogens (tertiary/aromatic N) is 3. The lowest BCUT2D eigenvalue weighted by Crippen LogP contribution is -2.18. The van der Waals surface area contributed by atoms with Crippen molar-refractivity contribution >= 4 is 39.4 Å². The zero-order valence-corrected chi connectivity index (χ0v) is 21.5. The second-order valence-electron chi connectivity index (χ2n) is 8.24. The highest BCUT2D eigenvalue weighted by Crippen LogP contribution is 2.26. The number of carbonyl (C=O) groups excluding carboxylic acids is 1. The topological polar surface area (TPSA) is 86.5 Å². The highest BCUT2D eigenvalue weighted by molar-refractivity contribution is 14.1. The summed E-state index contributed by atoms with van der Waals surface area (Å²) in [7, 11) is 1.62. The number of Topliss-reactive ketones (excluding diaryl/α,β-unsaturated/α-hetero) is 1. The molecule has 4 rings (SSSR count). The van der Waals surface area contributed by atoms with Crippen LogP contribution in [0, 0.1) is 9.39 Å². The minimum atomic E-state index is -0.681. The molecule has 4 aromatic rings. The van der Waals surface area contributed by atoms with E-state index in [2.05, 4.69) is 32.7 Å². The van der Waals surface area contributed by atoms with Crippen LogP contribution in [0.15, 0.2) is 54.9 Å². The summed E-state index contributed by atoms with van der Waals surface area (Å²) in [6.45, 7) is 1.89. The van der Waals surface area contributed by atoms with Crippen molar-refractivity contribution in [3.8, 4) is 5.75 Å². The molecule has 35 heavy (non-hydrogen) atoms. The van der Waals surface area contributed by atoms with Gasteiger partial charge in [-0.15, -0.1) is 0 Å². The Bertz CT molecular complexity index is 1340. The number of benzene rings is 2. The molecule has 1 N–H and O–H groups in total. The third-order valence-corrected chi connectivity index (χ3v) is 6.22. The molecule has 2 heterocycles. The molecule has 2 aromatic carbocycles. The number of aliphatic hydroxyl groups is 1. The number of hydrogen-bond acceptors (Lipinski definition) is 6. The van der Waals surface area contributed by atoms with Crippen LogP contribution >= 0.6 is 22.6 Å². The van der Waals surface area contributed by atoms with E-state index >= 15 is 0 Å². The molecule has 0 radical (unpaired) electrons. The van der Waals surface area contributed by atoms with Gasteiger partial charge in [-0.05, 0) is 70.5 Å². The summed E-state index contributed by atoms with van der Waals surface area (Å²) in [6.07, 6.45) is 2.69. The Hall–Kier alpha value is -2.89. The van der Waals surface area contributed by atoms with E-state index in [1.54, 1.807) is 31.0 Å². The zero-order chi connectivity index (χ0) is 24.9. The SMILES string of the molecule is COc1ccc(Cn2ncc3c(Cc4ccc(I)cc4F)c(C(=O)COC[C@H](C)O)cnc32)cc1. The first-order valence-electron chi connectivity index (χ1n) is 11.0. The lowest BCUT2D eigenvalue weighted by atomic mass is 9.96. The van der Waals surface area contributed by atoms with E-state index in [0.29, 0.717) is 34.3 Å². The first-order valence-corrected chi connectivity index (χ1v) is 12.1. The number of ether oxygens (including phenoxy) is 2. The summed E-state index contributed by atoms with van der Waals surface area (Å²) in [6, 6.07) is 12.7. The van der Waals surface area contributed by atoms with Crippen molar-refractivity contribution in [1.82, 2.24) is 14.8 Å². The lowest BCUT2D eigenvalue weighted by Gasteiger charge is -2.12. The summed E-state index contributed by atoms with van der Waals surface area (Å²) in [5.74, 6) is 0.139. The Balaban J connectivity index is 1.72. The first kappa shape index (κ1) is 25.2. The average Bonchev–Trinajstić information content (AvgIpc) is 3.24. The molecular formula is C26H25FIN3O4. The molecule has 7 nitrogen and oxygen atoms in total. The summed E-state index contributed by atoms with van der Waals surface area (Å²) in [4.78, 5) is 17.5. The lowest BCUT2D eigenvalue weighted by molar-refractivity contribution is 0.0424. The van der Waals surface area contributed by atoms with Gasteiger partial charge in [0.15, 0.2) is 11.4 Å². The molecule has 0 aliphatic rings. The van der Waals surface area contributed by atoms with E-state index in [4.69, 9.17) is 9.47 Å². The maximum atomic E-state index is 14.7. The Morgan fingerprint density at radius 3 is 2.66 bits per heavy atom. The predicted molar refractivity (Wildman–Crippen MR) is 138 cm³/mol. The number of aliphatic hydroxyl groups excluding tert-OH is 1. The molecule has 182 valence electrons. The molecule has 0 aliphatic carbocycles. The van der Waals surface area contributed by atoms with Gasteiger partial charge in [0.05, 0.1) is 32.6 Å². The second-order valence-corrected chi connectivity index (χ2v) is 9.48. The van der Waals surface area contributed by atoms with Crippen molar-refractivity contribution in [2.24, 2.45) is 0 Å². The van der Waals surface area contributed by atoms with E-state index in [0.717, 1.165) is 14.9 Å². The van der Waals surface area contributed by atoms with Gasteiger partial charge in [0.2, 0.25) is 0 Å². The van der Waals surface area contributed by atoms with Crippen molar-refractivity contribution in [3.63, 3.8) is 0 Å². The molecule has 0 saturated heterocycles. The molecular weight excluding hydrogens is 564 g/mol. The number of aromatic nitrogens is 3. The van der Waals surface area contributed by atoms with Crippen LogP contribution in [0.5, 0.6) is 5.75 Å². The van der Waals surface area contributed by atoms with Crippen LogP contribution in [0.1, 0.15) is 34.0 Å². The number of carbonyl (C=O) groups is 1. The summed E-state index contributed by atoms with van der Waals surface area (Å²) >= 11 is 2.06. The van der Waals surface area contributed by atoms with Gasteiger partial charge in [0, 0.05) is 27.1 Å². The van der Waals surface area contributed by atoms with Gasteiger partial charge in [-0.25, -0.2) is 14.1 Å². The van der Waals surface area contributed by atoms with Crippen LogP contribution in [0.3, 0.4) is 0 Å². The molecule has 1 atom stereocenters. The van der Waals surface area contributed by atoms with Gasteiger partial charge >= 0.3 is 0 Å². The van der Waals surface area contributed by atoms with E-state index < -0.39 is 6.10 Å². The van der Waals surface area contributed by atoms with Crippen molar-refractivity contribution in [1.29, 1.82) is 0 Å². The number of ketones is 1. The minimum Gasteiger partial charge on any atom is -0.497 e. The number of hydrogen-bond donors (Lipinski definition) is 1. The molecule has 0 saturated carbocycles. The molecule has 0 aliphatic heterocycles. The molecule has 0 spiro atoms. The largest absolute Gasteiger partial charge is 0.497 e. The Morgan fingerprint density at radius 1 is 1.20 bits per heavy atom. The fourth-order valence-corrected chi connectivity index (χ4v) is 4.24. The number of rotatable bonds is 10. The van der Waals surface area contributed by atoms with Gasteiger partial charge in [-0.2, -0.15) is 5.10 Å². The zero-order valence-electron chi connectivity index (χ0n) is 19.4. The number of methoxy groups -OCH3 is 1. The maximum absolute atomic E-state index is 14.7. The van der Waals surface area contributed by atoms with Crippen LogP contribution in [0.2, 0.25) is 0 Å². The normalized spacial score (nSPS) is 12.1. The predicted octanol–water partition coefficient (Wildman–Crippen LogP) is 4.40. The summed E-state index contributed by atoms with van der Waals surface area (Å²) in [5, 5.41) is 14.6. The number of pyridine rings is 1. The highest BCUT2D eigenvalue weighted by atomic mass is 127. The Kier molecular flexibility index (Phi) is 8.09. The van der Waals surface area contributed by atoms with E-state index in [-0.39, 0.29) is 31.2 Å². The van der Waals surface area contributed by atoms with Crippen molar-refractivity contribution in [2.75, 3.05) is 20.3 Å². The molecule has 0 fully saturated rings. The highest BCUT2D eigenvalue weighted by Gasteiger charge is 2.20. The standard InChI is InChI=1S/C26H25FIN3O4/c1-16(32)14-35-15-25(33)22-11-29-26-23(21(22)9-18-5-6-19(28)10-24(18)27)12-30-31(26)13-17-3-7-20(34-2)8-4-17/h3-8,10-12,16,32H,9,13-15H2,1-2H3/t16-/m0/s1. The van der Waals surface area contributed by atoms with E-state index in [1.165, 1.54) is 12.3 Å². The smallest absolute Gasteiger partial charge is 0.190 e. The van der Waals surface area contributed by atoms with Crippen LogP contribution in [0.4, 0.5) is 4.39 Å². The summed E-state index contributed by atoms with van der Waals surface area (Å²) in [5.41, 5.74) is 3.07. The van der Waals surface area contributed by atoms with Crippen LogP contribution in [-0.2, 0) is 17.7 Å². The van der Waals surface area contributed by atoms with Crippen LogP contribution in [-0.4, -0.2) is 52.1 Å². The molecule has 2 aromatic heterocycles. The van der Waals surface area contributed by atoms with Crippen molar-refractivity contribution in [2.45, 2.75) is 26.0 Å². The Morgan fingerprint density at radius 2 is 1.97 bits per heavy atom. The second kappa shape index (κ2) is 11.2. The van der Waals surface area contributed by atoms with E-state index in [1.807, 2.05) is 30.3 Å². The minimum absolute atomic E-state index is 0.0439. The third kappa shape index (κ3) is 6.03.